The van der Waals surface area contributed by atoms with Crippen LogP contribution in [-0.4, -0.2) is 31.0 Å². The zero-order valence-corrected chi connectivity index (χ0v) is 14.5. The van der Waals surface area contributed by atoms with Crippen LogP contribution in [0.4, 0.5) is 0 Å². The summed E-state index contributed by atoms with van der Waals surface area (Å²) in [5.41, 5.74) is 1.24. The Morgan fingerprint density at radius 3 is 2.08 bits per heavy atom. The van der Waals surface area contributed by atoms with E-state index in [0.29, 0.717) is 11.1 Å². The summed E-state index contributed by atoms with van der Waals surface area (Å²) in [6, 6.07) is 12.0. The van der Waals surface area contributed by atoms with E-state index < -0.39 is 15.8 Å². The lowest BCUT2D eigenvalue weighted by Gasteiger charge is -2.07. The number of carboxylic acid groups (broad SMARTS) is 1. The molecule has 0 fully saturated rings. The van der Waals surface area contributed by atoms with Gasteiger partial charge in [-0.25, -0.2) is 13.2 Å². The topological polar surface area (TPSA) is 88.5 Å². The maximum absolute atomic E-state index is 12.4. The maximum atomic E-state index is 12.4. The van der Waals surface area contributed by atoms with Crippen molar-refractivity contribution in [2.45, 2.75) is 18.2 Å². The normalized spacial score (nSPS) is 11.1. The number of carboxylic acids is 1. The van der Waals surface area contributed by atoms with Crippen LogP contribution in [0.25, 0.3) is 0 Å². The molecule has 2 rings (SSSR count). The third kappa shape index (κ3) is 4.64. The minimum absolute atomic E-state index is 0.00882. The molecular formula is C19H18O5S. The molecule has 6 heteroatoms. The van der Waals surface area contributed by atoms with Gasteiger partial charge < -0.3 is 5.11 Å². The predicted octanol–water partition coefficient (Wildman–Crippen LogP) is 3.16. The molecule has 0 aliphatic carbocycles. The first-order valence-corrected chi connectivity index (χ1v) is 9.17. The third-order valence-electron chi connectivity index (χ3n) is 3.54. The SMILES string of the molecule is C=C(C)CS(=O)(=O)c1ccc(CC(=O)c2ccccc2C(=O)O)cc1. The smallest absolute Gasteiger partial charge is 0.336 e. The molecule has 2 aromatic carbocycles. The number of benzene rings is 2. The van der Waals surface area contributed by atoms with Gasteiger partial charge in [0.15, 0.2) is 15.6 Å². The van der Waals surface area contributed by atoms with E-state index in [1.165, 1.54) is 24.3 Å². The van der Waals surface area contributed by atoms with Gasteiger partial charge >= 0.3 is 5.97 Å². The molecule has 0 radical (unpaired) electrons. The summed E-state index contributed by atoms with van der Waals surface area (Å²) in [6.07, 6.45) is -0.00882. The molecule has 0 atom stereocenters. The van der Waals surface area contributed by atoms with Crippen LogP contribution in [-0.2, 0) is 16.3 Å². The van der Waals surface area contributed by atoms with Gasteiger partial charge in [0.05, 0.1) is 16.2 Å². The van der Waals surface area contributed by atoms with Crippen LogP contribution in [0.15, 0.2) is 65.6 Å². The molecule has 0 aliphatic heterocycles. The molecule has 0 aromatic heterocycles. The quantitative estimate of drug-likeness (QED) is 0.607. The first-order chi connectivity index (χ1) is 11.7. The summed E-state index contributed by atoms with van der Waals surface area (Å²) in [7, 11) is -3.44. The summed E-state index contributed by atoms with van der Waals surface area (Å²) in [5, 5.41) is 9.15. The lowest BCUT2D eigenvalue weighted by molar-refractivity contribution is 0.0692. The first kappa shape index (κ1) is 18.6. The van der Waals surface area contributed by atoms with Crippen LogP contribution in [0.1, 0.15) is 33.2 Å². The maximum Gasteiger partial charge on any atom is 0.336 e. The van der Waals surface area contributed by atoms with E-state index in [1.807, 2.05) is 0 Å². The summed E-state index contributed by atoms with van der Waals surface area (Å²) in [6.45, 7) is 5.25. The van der Waals surface area contributed by atoms with Crippen LogP contribution in [0, 0.1) is 0 Å². The Morgan fingerprint density at radius 2 is 1.56 bits per heavy atom. The molecule has 130 valence electrons. The van der Waals surface area contributed by atoms with Gasteiger partial charge in [0.2, 0.25) is 0 Å². The van der Waals surface area contributed by atoms with Crippen molar-refractivity contribution in [1.29, 1.82) is 0 Å². The van der Waals surface area contributed by atoms with Crippen molar-refractivity contribution >= 4 is 21.6 Å². The van der Waals surface area contributed by atoms with Crippen molar-refractivity contribution in [2.24, 2.45) is 0 Å². The Balaban J connectivity index is 2.21. The molecule has 0 saturated heterocycles. The van der Waals surface area contributed by atoms with Crippen molar-refractivity contribution < 1.29 is 23.1 Å². The van der Waals surface area contributed by atoms with Gasteiger partial charge in [0.1, 0.15) is 0 Å². The highest BCUT2D eigenvalue weighted by Gasteiger charge is 2.17. The number of carbonyl (C=O) groups is 2. The monoisotopic (exact) mass is 358 g/mol. The second-order valence-corrected chi connectivity index (χ2v) is 7.80. The van der Waals surface area contributed by atoms with E-state index in [0.717, 1.165) is 0 Å². The number of carbonyl (C=O) groups excluding carboxylic acids is 1. The number of ketones is 1. The van der Waals surface area contributed by atoms with E-state index in [4.69, 9.17) is 5.11 Å². The van der Waals surface area contributed by atoms with Crippen LogP contribution >= 0.6 is 0 Å². The molecule has 0 bridgehead atoms. The predicted molar refractivity (Wildman–Crippen MR) is 94.7 cm³/mol. The van der Waals surface area contributed by atoms with Gasteiger partial charge in [-0.2, -0.15) is 0 Å². The summed E-state index contributed by atoms with van der Waals surface area (Å²) in [4.78, 5) is 23.7. The standard InChI is InChI=1S/C19H18O5S/c1-13(2)12-25(23,24)15-9-7-14(8-10-15)11-18(20)16-5-3-4-6-17(16)19(21)22/h3-10H,1,11-12H2,2H3,(H,21,22). The Hall–Kier alpha value is -2.73. The minimum atomic E-state index is -3.44. The highest BCUT2D eigenvalue weighted by Crippen LogP contribution is 2.17. The second kappa shape index (κ2) is 7.44. The van der Waals surface area contributed by atoms with Crippen molar-refractivity contribution in [3.63, 3.8) is 0 Å². The molecule has 0 saturated carbocycles. The first-order valence-electron chi connectivity index (χ1n) is 7.52. The molecule has 0 unspecified atom stereocenters. The Morgan fingerprint density at radius 1 is 1.00 bits per heavy atom. The number of hydrogen-bond acceptors (Lipinski definition) is 4. The molecule has 0 aliphatic rings. The van der Waals surface area contributed by atoms with Crippen LogP contribution in [0.2, 0.25) is 0 Å². The average molecular weight is 358 g/mol. The molecule has 25 heavy (non-hydrogen) atoms. The largest absolute Gasteiger partial charge is 0.478 e. The lowest BCUT2D eigenvalue weighted by Crippen LogP contribution is -2.11. The minimum Gasteiger partial charge on any atom is -0.478 e. The van der Waals surface area contributed by atoms with Gasteiger partial charge in [-0.15, -0.1) is 0 Å². The third-order valence-corrected chi connectivity index (χ3v) is 5.40. The molecule has 2 aromatic rings. The molecule has 0 heterocycles. The second-order valence-electron chi connectivity index (χ2n) is 5.81. The molecule has 1 N–H and O–H groups in total. The van der Waals surface area contributed by atoms with E-state index in [9.17, 15) is 18.0 Å². The van der Waals surface area contributed by atoms with E-state index in [-0.39, 0.29) is 34.0 Å². The van der Waals surface area contributed by atoms with Crippen LogP contribution in [0.5, 0.6) is 0 Å². The highest BCUT2D eigenvalue weighted by atomic mass is 32.2. The van der Waals surface area contributed by atoms with Gasteiger partial charge in [0.25, 0.3) is 0 Å². The van der Waals surface area contributed by atoms with Gasteiger partial charge in [-0.05, 0) is 30.7 Å². The number of aromatic carboxylic acids is 1. The zero-order chi connectivity index (χ0) is 18.6. The van der Waals surface area contributed by atoms with E-state index >= 15 is 0 Å². The molecular weight excluding hydrogens is 340 g/mol. The summed E-state index contributed by atoms with van der Waals surface area (Å²) in [5.74, 6) is -1.63. The highest BCUT2D eigenvalue weighted by molar-refractivity contribution is 7.91. The van der Waals surface area contributed by atoms with E-state index in [2.05, 4.69) is 6.58 Å². The number of hydrogen-bond donors (Lipinski definition) is 1. The fourth-order valence-corrected chi connectivity index (χ4v) is 3.78. The Labute approximate surface area is 146 Å². The molecule has 0 amide bonds. The van der Waals surface area contributed by atoms with Crippen LogP contribution < -0.4 is 0 Å². The van der Waals surface area contributed by atoms with Crippen molar-refractivity contribution in [3.8, 4) is 0 Å². The fraction of sp³-hybridized carbons (Fsp3) is 0.158. The Kier molecular flexibility index (Phi) is 5.54. The molecule has 5 nitrogen and oxygen atoms in total. The van der Waals surface area contributed by atoms with Gasteiger partial charge in [-0.1, -0.05) is 42.5 Å². The Bertz CT molecular complexity index is 925. The van der Waals surface area contributed by atoms with Gasteiger partial charge in [-0.3, -0.25) is 4.79 Å². The number of sulfone groups is 1. The summed E-state index contributed by atoms with van der Waals surface area (Å²) >= 11 is 0. The summed E-state index contributed by atoms with van der Waals surface area (Å²) < 4.78 is 24.2. The number of Topliss-reactive ketones (excluding diaryl/α,β-unsaturated/α-hetero) is 1. The van der Waals surface area contributed by atoms with Crippen LogP contribution in [0.3, 0.4) is 0 Å². The van der Waals surface area contributed by atoms with Crippen molar-refractivity contribution in [2.75, 3.05) is 5.75 Å². The van der Waals surface area contributed by atoms with Gasteiger partial charge in [0, 0.05) is 12.0 Å². The van der Waals surface area contributed by atoms with E-state index in [1.54, 1.807) is 31.2 Å². The zero-order valence-electron chi connectivity index (χ0n) is 13.7. The van der Waals surface area contributed by atoms with Crippen molar-refractivity contribution in [1.82, 2.24) is 0 Å². The average Bonchev–Trinajstić information content (AvgIpc) is 2.54. The van der Waals surface area contributed by atoms with Crippen molar-refractivity contribution in [3.05, 3.63) is 77.4 Å². The number of rotatable bonds is 7. The molecule has 0 spiro atoms. The lowest BCUT2D eigenvalue weighted by atomic mass is 9.98. The fourth-order valence-electron chi connectivity index (χ4n) is 2.42.